The largest absolute Gasteiger partial charge is 0.465 e. The van der Waals surface area contributed by atoms with E-state index in [0.717, 1.165) is 70.8 Å². The number of hydrogen-bond acceptors (Lipinski definition) is 11. The van der Waals surface area contributed by atoms with Crippen LogP contribution in [0, 0.1) is 5.92 Å². The number of nitrogens with zero attached hydrogens (tertiary/aromatic N) is 1. The molecule has 0 aromatic heterocycles. The summed E-state index contributed by atoms with van der Waals surface area (Å²) in [7, 11) is 3.86. The fraction of sp³-hybridized carbons (Fsp3) is 0.906. The van der Waals surface area contributed by atoms with Crippen LogP contribution in [0.3, 0.4) is 0 Å². The standard InChI is InChI=1S/C53H99NO10/c1-7-11-15-18-20-26-35-47(36-27-21-19-16-12-8-2)63-52(58)40-31-24-30-39-51(57)62-45-48(64-53(59)41-32-42-54(5)6)44-61-50(56)38-29-23-22-28-37-49(55)60-43-46(33-14-10-4)34-25-17-13-9-3/h46-48H,7-45H2,1-6H3. The lowest BCUT2D eigenvalue weighted by atomic mass is 9.96. The van der Waals surface area contributed by atoms with E-state index in [2.05, 4.69) is 27.7 Å². The summed E-state index contributed by atoms with van der Waals surface area (Å²) in [6.07, 6.45) is 31.8. The molecule has 0 saturated heterocycles. The monoisotopic (exact) mass is 910 g/mol. The molecule has 0 heterocycles. The van der Waals surface area contributed by atoms with Crippen LogP contribution in [0.15, 0.2) is 0 Å². The summed E-state index contributed by atoms with van der Waals surface area (Å²) in [4.78, 5) is 65.0. The van der Waals surface area contributed by atoms with Crippen LogP contribution < -0.4 is 0 Å². The van der Waals surface area contributed by atoms with Crippen LogP contribution in [0.1, 0.15) is 252 Å². The van der Waals surface area contributed by atoms with Gasteiger partial charge in [0, 0.05) is 32.1 Å². The van der Waals surface area contributed by atoms with E-state index in [1.165, 1.54) is 89.9 Å². The molecule has 0 aliphatic carbocycles. The number of carbonyl (C=O) groups is 5. The van der Waals surface area contributed by atoms with Gasteiger partial charge in [0.05, 0.1) is 6.61 Å². The van der Waals surface area contributed by atoms with Crippen molar-refractivity contribution in [2.75, 3.05) is 40.5 Å². The smallest absolute Gasteiger partial charge is 0.306 e. The maximum absolute atomic E-state index is 12.8. The summed E-state index contributed by atoms with van der Waals surface area (Å²) < 4.78 is 28.1. The second-order valence-electron chi connectivity index (χ2n) is 18.6. The van der Waals surface area contributed by atoms with E-state index in [0.29, 0.717) is 63.9 Å². The van der Waals surface area contributed by atoms with Crippen molar-refractivity contribution in [2.24, 2.45) is 5.92 Å². The number of hydrogen-bond donors (Lipinski definition) is 0. The van der Waals surface area contributed by atoms with Crippen LogP contribution in [0.2, 0.25) is 0 Å². The van der Waals surface area contributed by atoms with Crippen molar-refractivity contribution in [1.82, 2.24) is 4.90 Å². The molecule has 2 unspecified atom stereocenters. The van der Waals surface area contributed by atoms with Crippen molar-refractivity contribution in [3.63, 3.8) is 0 Å². The highest BCUT2D eigenvalue weighted by Crippen LogP contribution is 2.20. The summed E-state index contributed by atoms with van der Waals surface area (Å²) in [5.41, 5.74) is 0. The van der Waals surface area contributed by atoms with Gasteiger partial charge >= 0.3 is 29.8 Å². The quantitative estimate of drug-likeness (QED) is 0.0328. The molecule has 0 aliphatic heterocycles. The fourth-order valence-electron chi connectivity index (χ4n) is 7.78. The van der Waals surface area contributed by atoms with E-state index in [1.807, 2.05) is 19.0 Å². The molecule has 2 atom stereocenters. The molecule has 0 saturated carbocycles. The second-order valence-corrected chi connectivity index (χ2v) is 18.6. The van der Waals surface area contributed by atoms with Gasteiger partial charge in [-0.2, -0.15) is 0 Å². The third-order valence-corrected chi connectivity index (χ3v) is 11.9. The van der Waals surface area contributed by atoms with Crippen LogP contribution in [0.5, 0.6) is 0 Å². The van der Waals surface area contributed by atoms with Crippen molar-refractivity contribution in [1.29, 1.82) is 0 Å². The molecule has 0 radical (unpaired) electrons. The van der Waals surface area contributed by atoms with Crippen molar-refractivity contribution in [3.8, 4) is 0 Å². The van der Waals surface area contributed by atoms with Gasteiger partial charge in [-0.15, -0.1) is 0 Å². The van der Waals surface area contributed by atoms with Crippen molar-refractivity contribution >= 4 is 29.8 Å². The predicted molar refractivity (Wildman–Crippen MR) is 259 cm³/mol. The molecule has 11 heteroatoms. The lowest BCUT2D eigenvalue weighted by molar-refractivity contribution is -0.167. The molecular formula is C53H99NO10. The zero-order valence-electron chi connectivity index (χ0n) is 42.3. The topological polar surface area (TPSA) is 135 Å². The number of carbonyl (C=O) groups excluding carboxylic acids is 5. The average Bonchev–Trinajstić information content (AvgIpc) is 3.27. The Bertz CT molecular complexity index is 1110. The number of ether oxygens (including phenoxy) is 5. The van der Waals surface area contributed by atoms with Gasteiger partial charge in [0.15, 0.2) is 6.10 Å². The minimum Gasteiger partial charge on any atom is -0.465 e. The first-order chi connectivity index (χ1) is 31.0. The van der Waals surface area contributed by atoms with Gasteiger partial charge in [0.2, 0.25) is 0 Å². The van der Waals surface area contributed by atoms with Crippen molar-refractivity contribution in [2.45, 2.75) is 265 Å². The SMILES string of the molecule is CCCCCCCCC(CCCCCCCC)OC(=O)CCCCCC(=O)OCC(COC(=O)CCCCCCC(=O)OCC(CCCC)CCCCCC)OC(=O)CCCN(C)C. The lowest BCUT2D eigenvalue weighted by Crippen LogP contribution is -2.31. The third kappa shape index (κ3) is 42.0. The Morgan fingerprint density at radius 2 is 0.672 bits per heavy atom. The van der Waals surface area contributed by atoms with Crippen molar-refractivity contribution in [3.05, 3.63) is 0 Å². The molecule has 0 N–H and O–H groups in total. The number of esters is 5. The summed E-state index contributed by atoms with van der Waals surface area (Å²) >= 11 is 0. The molecule has 11 nitrogen and oxygen atoms in total. The van der Waals surface area contributed by atoms with Crippen LogP contribution in [0.4, 0.5) is 0 Å². The Labute approximate surface area is 392 Å². The van der Waals surface area contributed by atoms with Crippen LogP contribution in [0.25, 0.3) is 0 Å². The zero-order chi connectivity index (χ0) is 47.3. The molecule has 0 spiro atoms. The van der Waals surface area contributed by atoms with Crippen LogP contribution in [-0.4, -0.2) is 87.4 Å². The first-order valence-corrected chi connectivity index (χ1v) is 26.5. The predicted octanol–water partition coefficient (Wildman–Crippen LogP) is 13.4. The van der Waals surface area contributed by atoms with E-state index < -0.39 is 24.0 Å². The molecule has 0 aromatic rings. The summed E-state index contributed by atoms with van der Waals surface area (Å²) in [6.45, 7) is 9.70. The van der Waals surface area contributed by atoms with Gasteiger partial charge < -0.3 is 28.6 Å². The second kappa shape index (κ2) is 45.5. The lowest BCUT2D eigenvalue weighted by Gasteiger charge is -2.19. The molecule has 0 aliphatic rings. The maximum atomic E-state index is 12.8. The van der Waals surface area contributed by atoms with E-state index in [-0.39, 0.29) is 50.5 Å². The van der Waals surface area contributed by atoms with Crippen LogP contribution in [-0.2, 0) is 47.7 Å². The highest BCUT2D eigenvalue weighted by atomic mass is 16.6. The average molecular weight is 910 g/mol. The Kier molecular flexibility index (Phi) is 43.6. The Morgan fingerprint density at radius 3 is 1.14 bits per heavy atom. The molecule has 64 heavy (non-hydrogen) atoms. The third-order valence-electron chi connectivity index (χ3n) is 11.9. The molecule has 376 valence electrons. The highest BCUT2D eigenvalue weighted by Gasteiger charge is 2.20. The number of unbranched alkanes of at least 4 members (excludes halogenated alkanes) is 19. The fourth-order valence-corrected chi connectivity index (χ4v) is 7.78. The Hall–Kier alpha value is -2.69. The summed E-state index contributed by atoms with van der Waals surface area (Å²) in [5.74, 6) is -1.12. The van der Waals surface area contributed by atoms with Gasteiger partial charge in [-0.25, -0.2) is 0 Å². The van der Waals surface area contributed by atoms with Gasteiger partial charge in [0.25, 0.3) is 0 Å². The van der Waals surface area contributed by atoms with Gasteiger partial charge in [-0.1, -0.05) is 150 Å². The maximum Gasteiger partial charge on any atom is 0.306 e. The highest BCUT2D eigenvalue weighted by molar-refractivity contribution is 5.71. The summed E-state index contributed by atoms with van der Waals surface area (Å²) in [6, 6.07) is 0. The minimum atomic E-state index is -0.904. The normalized spacial score (nSPS) is 12.3. The van der Waals surface area contributed by atoms with E-state index in [1.54, 1.807) is 0 Å². The first-order valence-electron chi connectivity index (χ1n) is 26.5. The van der Waals surface area contributed by atoms with E-state index in [4.69, 9.17) is 23.7 Å². The van der Waals surface area contributed by atoms with E-state index in [9.17, 15) is 24.0 Å². The van der Waals surface area contributed by atoms with E-state index >= 15 is 0 Å². The van der Waals surface area contributed by atoms with Crippen LogP contribution >= 0.6 is 0 Å². The molecule has 0 amide bonds. The van der Waals surface area contributed by atoms with Gasteiger partial charge in [0.1, 0.15) is 19.3 Å². The molecule has 0 bridgehead atoms. The molecule has 0 fully saturated rings. The zero-order valence-corrected chi connectivity index (χ0v) is 42.3. The summed E-state index contributed by atoms with van der Waals surface area (Å²) in [5, 5.41) is 0. The minimum absolute atomic E-state index is 0.00846. The van der Waals surface area contributed by atoms with Crippen molar-refractivity contribution < 1.29 is 47.7 Å². The van der Waals surface area contributed by atoms with Gasteiger partial charge in [-0.05, 0) is 97.2 Å². The molecule has 0 aromatic carbocycles. The Balaban J connectivity index is 4.64. The van der Waals surface area contributed by atoms with Gasteiger partial charge in [-0.3, -0.25) is 24.0 Å². The molecule has 0 rings (SSSR count). The molecular weight excluding hydrogens is 811 g/mol. The first kappa shape index (κ1) is 61.3. The number of rotatable bonds is 47. The Morgan fingerprint density at radius 1 is 0.344 bits per heavy atom.